The van der Waals surface area contributed by atoms with Gasteiger partial charge in [0.25, 0.3) is 5.91 Å². The summed E-state index contributed by atoms with van der Waals surface area (Å²) in [7, 11) is 1.40. The second-order valence-corrected chi connectivity index (χ2v) is 6.02. The van der Waals surface area contributed by atoms with Crippen molar-refractivity contribution in [3.05, 3.63) is 46.7 Å². The van der Waals surface area contributed by atoms with Crippen molar-refractivity contribution in [1.29, 1.82) is 0 Å². The molecule has 0 unspecified atom stereocenters. The molecule has 1 aromatic heterocycles. The van der Waals surface area contributed by atoms with Gasteiger partial charge in [0.05, 0.1) is 18.7 Å². The summed E-state index contributed by atoms with van der Waals surface area (Å²) in [6.45, 7) is 1.29. The van der Waals surface area contributed by atoms with Gasteiger partial charge in [0, 0.05) is 11.6 Å². The number of carbonyl (C=O) groups excluding carboxylic acids is 2. The molecule has 7 nitrogen and oxygen atoms in total. The van der Waals surface area contributed by atoms with Crippen LogP contribution in [0.4, 0.5) is 5.13 Å². The van der Waals surface area contributed by atoms with Crippen molar-refractivity contribution in [2.45, 2.75) is 13.0 Å². The zero-order valence-corrected chi connectivity index (χ0v) is 13.7. The standard InChI is InChI=1S/C16H14N2O5S/c1-8(19)12-13(9-3-4-10(20)11(7-9)23-2)18(15(22)14(12)21)16-17-5-6-24-16/h3-7,13,20-21H,1-2H3/t13-/m1/s1. The van der Waals surface area contributed by atoms with Crippen LogP contribution >= 0.6 is 11.3 Å². The number of nitrogens with zero attached hydrogens (tertiary/aromatic N) is 2. The van der Waals surface area contributed by atoms with E-state index in [0.29, 0.717) is 10.7 Å². The van der Waals surface area contributed by atoms with E-state index in [1.54, 1.807) is 11.4 Å². The highest BCUT2D eigenvalue weighted by Crippen LogP contribution is 2.43. The quantitative estimate of drug-likeness (QED) is 0.881. The number of aliphatic hydroxyl groups excluding tert-OH is 1. The molecule has 1 aliphatic rings. The molecule has 0 spiro atoms. The number of phenols is 1. The number of Topliss-reactive ketones (excluding diaryl/α,β-unsaturated/α-hetero) is 1. The van der Waals surface area contributed by atoms with E-state index in [9.17, 15) is 19.8 Å². The van der Waals surface area contributed by atoms with Crippen molar-refractivity contribution in [3.8, 4) is 11.5 Å². The fourth-order valence-corrected chi connectivity index (χ4v) is 3.34. The highest BCUT2D eigenvalue weighted by Gasteiger charge is 2.44. The molecule has 0 aliphatic carbocycles. The van der Waals surface area contributed by atoms with E-state index in [-0.39, 0.29) is 17.1 Å². The first-order valence-electron chi connectivity index (χ1n) is 6.99. The smallest absolute Gasteiger partial charge is 0.296 e. The molecule has 124 valence electrons. The van der Waals surface area contributed by atoms with Gasteiger partial charge < -0.3 is 14.9 Å². The number of methoxy groups -OCH3 is 1. The molecule has 2 heterocycles. The maximum absolute atomic E-state index is 12.5. The molecular weight excluding hydrogens is 332 g/mol. The maximum atomic E-state index is 12.5. The van der Waals surface area contributed by atoms with Crippen molar-refractivity contribution >= 4 is 28.2 Å². The molecule has 1 aromatic carbocycles. The Balaban J connectivity index is 2.19. The van der Waals surface area contributed by atoms with Gasteiger partial charge in [-0.3, -0.25) is 14.5 Å². The molecule has 2 N–H and O–H groups in total. The summed E-state index contributed by atoms with van der Waals surface area (Å²) in [5.41, 5.74) is 0.505. The highest BCUT2D eigenvalue weighted by atomic mass is 32.1. The van der Waals surface area contributed by atoms with E-state index < -0.39 is 23.5 Å². The van der Waals surface area contributed by atoms with E-state index in [0.717, 1.165) is 0 Å². The Kier molecular flexibility index (Phi) is 3.98. The van der Waals surface area contributed by atoms with Gasteiger partial charge >= 0.3 is 0 Å². The van der Waals surface area contributed by atoms with E-state index in [4.69, 9.17) is 4.74 Å². The molecule has 0 saturated carbocycles. The van der Waals surface area contributed by atoms with Crippen LogP contribution in [0.2, 0.25) is 0 Å². The predicted octanol–water partition coefficient (Wildman–Crippen LogP) is 2.35. The van der Waals surface area contributed by atoms with Crippen LogP contribution in [0.1, 0.15) is 18.5 Å². The van der Waals surface area contributed by atoms with E-state index >= 15 is 0 Å². The van der Waals surface area contributed by atoms with Crippen molar-refractivity contribution < 1.29 is 24.5 Å². The number of aliphatic hydroxyl groups is 1. The molecule has 2 aromatic rings. The Morgan fingerprint density at radius 1 is 1.38 bits per heavy atom. The summed E-state index contributed by atoms with van der Waals surface area (Å²) in [6, 6.07) is 3.66. The number of thiazole rings is 1. The number of aromatic nitrogens is 1. The molecule has 1 aliphatic heterocycles. The zero-order chi connectivity index (χ0) is 17.4. The minimum absolute atomic E-state index is 0.0112. The van der Waals surface area contributed by atoms with Crippen LogP contribution in [0.25, 0.3) is 0 Å². The van der Waals surface area contributed by atoms with Crippen molar-refractivity contribution in [2.24, 2.45) is 0 Å². The summed E-state index contributed by atoms with van der Waals surface area (Å²) < 4.78 is 5.09. The number of aromatic hydroxyl groups is 1. The number of phenolic OH excluding ortho intramolecular Hbond substituents is 1. The van der Waals surface area contributed by atoms with Crippen molar-refractivity contribution in [3.63, 3.8) is 0 Å². The normalized spacial score (nSPS) is 17.5. The van der Waals surface area contributed by atoms with Gasteiger partial charge in [0.15, 0.2) is 28.2 Å². The van der Waals surface area contributed by atoms with E-state index in [1.165, 1.54) is 48.6 Å². The second-order valence-electron chi connectivity index (χ2n) is 5.14. The molecule has 0 radical (unpaired) electrons. The summed E-state index contributed by atoms with van der Waals surface area (Å²) in [4.78, 5) is 29.9. The van der Waals surface area contributed by atoms with Crippen molar-refractivity contribution in [1.82, 2.24) is 4.98 Å². The highest BCUT2D eigenvalue weighted by molar-refractivity contribution is 7.13. The fourth-order valence-electron chi connectivity index (χ4n) is 2.68. The number of ketones is 1. The first-order chi connectivity index (χ1) is 11.5. The van der Waals surface area contributed by atoms with Gasteiger partial charge in [-0.25, -0.2) is 4.98 Å². The molecule has 0 bridgehead atoms. The summed E-state index contributed by atoms with van der Waals surface area (Å²) in [5, 5.41) is 22.0. The Hall–Kier alpha value is -2.87. The van der Waals surface area contributed by atoms with Gasteiger partial charge in [-0.05, 0) is 24.6 Å². The van der Waals surface area contributed by atoms with Gasteiger partial charge in [0.2, 0.25) is 0 Å². The van der Waals surface area contributed by atoms with Crippen LogP contribution < -0.4 is 9.64 Å². The molecule has 8 heteroatoms. The zero-order valence-electron chi connectivity index (χ0n) is 12.9. The molecular formula is C16H14N2O5S. The molecule has 24 heavy (non-hydrogen) atoms. The predicted molar refractivity (Wildman–Crippen MR) is 87.3 cm³/mol. The lowest BCUT2D eigenvalue weighted by molar-refractivity contribution is -0.117. The van der Waals surface area contributed by atoms with Crippen molar-refractivity contribution in [2.75, 3.05) is 12.0 Å². The molecule has 1 amide bonds. The number of hydrogen-bond acceptors (Lipinski definition) is 7. The molecule has 0 saturated heterocycles. The number of hydrogen-bond donors (Lipinski definition) is 2. The number of benzene rings is 1. The number of rotatable bonds is 4. The van der Waals surface area contributed by atoms with Crippen LogP contribution in [0.15, 0.2) is 41.1 Å². The van der Waals surface area contributed by atoms with Crippen LogP contribution in [-0.4, -0.2) is 34.0 Å². The molecule has 0 fully saturated rings. The van der Waals surface area contributed by atoms with Gasteiger partial charge in [0.1, 0.15) is 0 Å². The first kappa shape index (κ1) is 16.0. The Morgan fingerprint density at radius 2 is 2.12 bits per heavy atom. The summed E-state index contributed by atoms with van der Waals surface area (Å²) >= 11 is 1.22. The Labute approximate surface area is 141 Å². The molecule has 3 rings (SSSR count). The minimum atomic E-state index is -0.837. The van der Waals surface area contributed by atoms with Gasteiger partial charge in [-0.15, -0.1) is 11.3 Å². The van der Waals surface area contributed by atoms with Gasteiger partial charge in [-0.1, -0.05) is 6.07 Å². The van der Waals surface area contributed by atoms with E-state index in [1.807, 2.05) is 0 Å². The third-order valence-corrected chi connectivity index (χ3v) is 4.50. The van der Waals surface area contributed by atoms with E-state index in [2.05, 4.69) is 4.98 Å². The summed E-state index contributed by atoms with van der Waals surface area (Å²) in [5.74, 6) is -1.56. The van der Waals surface area contributed by atoms with Crippen LogP contribution in [-0.2, 0) is 9.59 Å². The van der Waals surface area contributed by atoms with Crippen LogP contribution in [0.5, 0.6) is 11.5 Å². The first-order valence-corrected chi connectivity index (χ1v) is 7.87. The second kappa shape index (κ2) is 5.97. The fraction of sp³-hybridized carbons (Fsp3) is 0.188. The number of amides is 1. The molecule has 1 atom stereocenters. The lowest BCUT2D eigenvalue weighted by atomic mass is 9.96. The SMILES string of the molecule is COc1cc([C@@H]2C(C(C)=O)=C(O)C(=O)N2c2nccs2)ccc1O. The Morgan fingerprint density at radius 3 is 2.71 bits per heavy atom. The third-order valence-electron chi connectivity index (χ3n) is 3.73. The summed E-state index contributed by atoms with van der Waals surface area (Å²) in [6.07, 6.45) is 1.53. The number of ether oxygens (including phenoxy) is 1. The Bertz CT molecular complexity index is 844. The van der Waals surface area contributed by atoms with Crippen LogP contribution in [0, 0.1) is 0 Å². The van der Waals surface area contributed by atoms with Crippen LogP contribution in [0.3, 0.4) is 0 Å². The lowest BCUT2D eigenvalue weighted by Gasteiger charge is -2.24. The number of anilines is 1. The average Bonchev–Trinajstić information content (AvgIpc) is 3.15. The van der Waals surface area contributed by atoms with Gasteiger partial charge in [-0.2, -0.15) is 0 Å². The minimum Gasteiger partial charge on any atom is -0.504 e. The number of carbonyl (C=O) groups is 2. The average molecular weight is 346 g/mol. The maximum Gasteiger partial charge on any atom is 0.296 e. The lowest BCUT2D eigenvalue weighted by Crippen LogP contribution is -2.30. The monoisotopic (exact) mass is 346 g/mol. The third kappa shape index (κ3) is 2.41. The largest absolute Gasteiger partial charge is 0.504 e. The topological polar surface area (TPSA) is 100.0 Å².